The summed E-state index contributed by atoms with van der Waals surface area (Å²) in [5, 5.41) is 5.24. The second kappa shape index (κ2) is 5.95. The first-order valence-electron chi connectivity index (χ1n) is 4.74. The summed E-state index contributed by atoms with van der Waals surface area (Å²) in [5.74, 6) is 0.223. The van der Waals surface area contributed by atoms with Crippen LogP contribution in [0.25, 0.3) is 0 Å². The minimum Gasteiger partial charge on any atom is -0.341 e. The number of thiol groups is 2. The predicted molar refractivity (Wildman–Crippen MR) is 72.6 cm³/mol. The van der Waals surface area contributed by atoms with Crippen molar-refractivity contribution in [2.24, 2.45) is 9.98 Å². The number of nitrogens with one attached hydrogen (secondary N) is 2. The molecule has 7 heteroatoms. The van der Waals surface area contributed by atoms with E-state index < -0.39 is 0 Å². The number of guanidine groups is 1. The molecule has 88 valence electrons. The Morgan fingerprint density at radius 3 is 2.88 bits per heavy atom. The highest BCUT2D eigenvalue weighted by Gasteiger charge is 2.15. The van der Waals surface area contributed by atoms with Crippen molar-refractivity contribution in [1.82, 2.24) is 10.6 Å². The molecule has 0 saturated heterocycles. The maximum absolute atomic E-state index is 11.1. The molecule has 0 spiro atoms. The number of carbonyl (C=O) groups is 1. The van der Waals surface area contributed by atoms with E-state index in [9.17, 15) is 4.79 Å². The van der Waals surface area contributed by atoms with Crippen LogP contribution in [0, 0.1) is 0 Å². The van der Waals surface area contributed by atoms with Crippen LogP contribution in [0.1, 0.15) is 13.3 Å². The monoisotopic (exact) mass is 258 g/mol. The molecule has 0 aromatic heterocycles. The van der Waals surface area contributed by atoms with Crippen molar-refractivity contribution < 1.29 is 4.79 Å². The Morgan fingerprint density at radius 1 is 1.62 bits per heavy atom. The number of hydrogen-bond donors (Lipinski definition) is 4. The third-order valence-electron chi connectivity index (χ3n) is 1.97. The zero-order chi connectivity index (χ0) is 12.1. The zero-order valence-corrected chi connectivity index (χ0v) is 10.8. The Balaban J connectivity index is 2.90. The number of nitrogens with zero attached hydrogens (tertiary/aromatic N) is 2. The Labute approximate surface area is 105 Å². The average Bonchev–Trinajstić information content (AvgIpc) is 2.37. The molecule has 0 radical (unpaired) electrons. The van der Waals surface area contributed by atoms with E-state index in [1.807, 2.05) is 13.0 Å². The van der Waals surface area contributed by atoms with Crippen molar-refractivity contribution in [2.45, 2.75) is 18.7 Å². The Bertz CT molecular complexity index is 376. The van der Waals surface area contributed by atoms with Crippen molar-refractivity contribution in [3.8, 4) is 0 Å². The van der Waals surface area contributed by atoms with Gasteiger partial charge in [-0.2, -0.15) is 12.6 Å². The molecule has 0 aromatic rings. The fourth-order valence-electron chi connectivity index (χ4n) is 1.15. The van der Waals surface area contributed by atoms with Crippen LogP contribution in [0.2, 0.25) is 0 Å². The molecule has 0 saturated carbocycles. The summed E-state index contributed by atoms with van der Waals surface area (Å²) in [4.78, 5) is 19.4. The Morgan fingerprint density at radius 2 is 2.31 bits per heavy atom. The minimum atomic E-state index is -0.368. The summed E-state index contributed by atoms with van der Waals surface area (Å²) < 4.78 is 0. The molecule has 1 aliphatic rings. The van der Waals surface area contributed by atoms with Gasteiger partial charge in [0, 0.05) is 13.5 Å². The van der Waals surface area contributed by atoms with Gasteiger partial charge in [0.05, 0.1) is 5.04 Å². The van der Waals surface area contributed by atoms with Crippen molar-refractivity contribution >= 4 is 42.3 Å². The van der Waals surface area contributed by atoms with Gasteiger partial charge in [0.2, 0.25) is 5.96 Å². The van der Waals surface area contributed by atoms with E-state index in [2.05, 4.69) is 45.9 Å². The third kappa shape index (κ3) is 3.57. The molecule has 16 heavy (non-hydrogen) atoms. The van der Waals surface area contributed by atoms with Crippen LogP contribution in [0.5, 0.6) is 0 Å². The summed E-state index contributed by atoms with van der Waals surface area (Å²) in [6.07, 6.45) is 2.55. The number of allylic oxidation sites excluding steroid dienone is 1. The van der Waals surface area contributed by atoms with Crippen molar-refractivity contribution in [3.63, 3.8) is 0 Å². The second-order valence-electron chi connectivity index (χ2n) is 3.09. The third-order valence-corrected chi connectivity index (χ3v) is 2.66. The first-order valence-corrected chi connectivity index (χ1v) is 5.71. The van der Waals surface area contributed by atoms with Crippen molar-refractivity contribution in [1.29, 1.82) is 0 Å². The molecule has 1 heterocycles. The SMILES string of the molecule is C/C=C1\CC(S)N=C(NC(=O)NC)N=C1S. The molecule has 5 nitrogen and oxygen atoms in total. The quantitative estimate of drug-likeness (QED) is 0.485. The first-order chi connectivity index (χ1) is 7.56. The van der Waals surface area contributed by atoms with E-state index in [1.165, 1.54) is 7.05 Å². The molecular weight excluding hydrogens is 244 g/mol. The number of amides is 2. The van der Waals surface area contributed by atoms with Crippen LogP contribution in [0.4, 0.5) is 4.79 Å². The lowest BCUT2D eigenvalue weighted by atomic mass is 10.2. The van der Waals surface area contributed by atoms with Crippen molar-refractivity contribution in [2.75, 3.05) is 7.05 Å². The summed E-state index contributed by atoms with van der Waals surface area (Å²) in [6, 6.07) is -0.368. The van der Waals surface area contributed by atoms with Gasteiger partial charge in [0.25, 0.3) is 0 Å². The number of aliphatic imine (C=N–C) groups is 2. The molecule has 1 atom stereocenters. The van der Waals surface area contributed by atoms with Crippen LogP contribution in [-0.2, 0) is 0 Å². The van der Waals surface area contributed by atoms with Gasteiger partial charge in [0.15, 0.2) is 0 Å². The van der Waals surface area contributed by atoms with Crippen LogP contribution < -0.4 is 10.6 Å². The normalized spacial score (nSPS) is 23.2. The summed E-state index contributed by atoms with van der Waals surface area (Å²) in [7, 11) is 1.52. The molecule has 0 aliphatic carbocycles. The fraction of sp³-hybridized carbons (Fsp3) is 0.444. The highest BCUT2D eigenvalue weighted by molar-refractivity contribution is 7.97. The van der Waals surface area contributed by atoms with E-state index in [0.717, 1.165) is 5.57 Å². The lowest BCUT2D eigenvalue weighted by Crippen LogP contribution is -2.37. The second-order valence-corrected chi connectivity index (χ2v) is 4.11. The van der Waals surface area contributed by atoms with Crippen LogP contribution in [0.15, 0.2) is 21.6 Å². The number of hydrogen-bond acceptors (Lipinski definition) is 4. The minimum absolute atomic E-state index is 0.223. The average molecular weight is 258 g/mol. The molecule has 0 bridgehead atoms. The number of carbonyl (C=O) groups excluding carboxylic acids is 1. The maximum atomic E-state index is 11.1. The molecule has 2 amide bonds. The van der Waals surface area contributed by atoms with Crippen LogP contribution in [0.3, 0.4) is 0 Å². The zero-order valence-electron chi connectivity index (χ0n) is 9.06. The van der Waals surface area contributed by atoms with Gasteiger partial charge in [0.1, 0.15) is 5.37 Å². The maximum Gasteiger partial charge on any atom is 0.321 e. The predicted octanol–water partition coefficient (Wildman–Crippen LogP) is 1.21. The molecule has 2 N–H and O–H groups in total. The largest absolute Gasteiger partial charge is 0.341 e. The van der Waals surface area contributed by atoms with E-state index in [0.29, 0.717) is 11.5 Å². The van der Waals surface area contributed by atoms with Gasteiger partial charge in [-0.1, -0.05) is 6.08 Å². The molecule has 1 unspecified atom stereocenters. The van der Waals surface area contributed by atoms with E-state index >= 15 is 0 Å². The van der Waals surface area contributed by atoms with Gasteiger partial charge < -0.3 is 5.32 Å². The molecule has 0 aromatic carbocycles. The van der Waals surface area contributed by atoms with Gasteiger partial charge in [-0.3, -0.25) is 5.32 Å². The van der Waals surface area contributed by atoms with Gasteiger partial charge >= 0.3 is 6.03 Å². The lowest BCUT2D eigenvalue weighted by Gasteiger charge is -2.04. The van der Waals surface area contributed by atoms with Gasteiger partial charge in [-0.25, -0.2) is 14.8 Å². The Hall–Kier alpha value is -0.950. The Kier molecular flexibility index (Phi) is 4.88. The standard InChI is InChI=1S/C9H14N4OS2/c1-3-5-4-6(15)11-8(12-7(5)16)13-9(14)10-2/h3,6,15H,4H2,1-2H3,(H3,10,11,12,13,14,16)/b5-3+. The number of rotatable bonds is 0. The molecular formula is C9H14N4OS2. The van der Waals surface area contributed by atoms with Gasteiger partial charge in [-0.15, -0.1) is 12.6 Å². The summed E-state index contributed by atoms with van der Waals surface area (Å²) >= 11 is 8.54. The van der Waals surface area contributed by atoms with E-state index in [1.54, 1.807) is 0 Å². The van der Waals surface area contributed by atoms with E-state index in [-0.39, 0.29) is 17.4 Å². The molecule has 0 fully saturated rings. The van der Waals surface area contributed by atoms with Gasteiger partial charge in [-0.05, 0) is 12.5 Å². The highest BCUT2D eigenvalue weighted by atomic mass is 32.1. The van der Waals surface area contributed by atoms with Crippen LogP contribution >= 0.6 is 25.3 Å². The highest BCUT2D eigenvalue weighted by Crippen LogP contribution is 2.18. The number of urea groups is 1. The van der Waals surface area contributed by atoms with Crippen LogP contribution in [-0.4, -0.2) is 29.5 Å². The fourth-order valence-corrected chi connectivity index (χ4v) is 1.77. The lowest BCUT2D eigenvalue weighted by molar-refractivity contribution is 0.247. The first kappa shape index (κ1) is 13.1. The molecule has 1 rings (SSSR count). The van der Waals surface area contributed by atoms with E-state index in [4.69, 9.17) is 0 Å². The molecule has 1 aliphatic heterocycles. The smallest absolute Gasteiger partial charge is 0.321 e. The summed E-state index contributed by atoms with van der Waals surface area (Å²) in [5.41, 5.74) is 0.959. The van der Waals surface area contributed by atoms with Crippen molar-refractivity contribution in [3.05, 3.63) is 11.6 Å². The summed E-state index contributed by atoms with van der Waals surface area (Å²) in [6.45, 7) is 1.90. The topological polar surface area (TPSA) is 65.8 Å².